The van der Waals surface area contributed by atoms with Gasteiger partial charge in [0.25, 0.3) is 0 Å². The standard InChI is InChI=1S/C26H30N10O2.C2HF3O2/c1-2-36-23-19(37-16-7-6-11-28-14-15-31-26-29-12-8-13-30-26)17-32-20(18-9-4-3-5-10-18)21(23)33-25(36)22-24(27)35-38-34-22;3-2(4,5)1(6)7/h3-5,8-10,12-13,17,28H,2,6-7,11,14-16H2,1H3,(H2,27,35)(H,29,30,31);(H,6,7). The van der Waals surface area contributed by atoms with Crippen LogP contribution in [0.5, 0.6) is 5.75 Å². The SMILES string of the molecule is CCn1c(-c2nonc2N)nc2c(-c3ccccc3)ncc(OCCCCNCCNc3ncccn3)c21.O=C(O)C(F)(F)F. The molecule has 5 rings (SSSR count). The molecule has 0 amide bonds. The highest BCUT2D eigenvalue weighted by Gasteiger charge is 2.38. The number of carbonyl (C=O) groups is 1. The van der Waals surface area contributed by atoms with Gasteiger partial charge in [-0.1, -0.05) is 30.3 Å². The number of nitrogens with zero attached hydrogens (tertiary/aromatic N) is 7. The van der Waals surface area contributed by atoms with Gasteiger partial charge in [-0.05, 0) is 42.7 Å². The number of rotatable bonds is 13. The summed E-state index contributed by atoms with van der Waals surface area (Å²) in [5.41, 5.74) is 9.68. The maximum absolute atomic E-state index is 10.6. The Morgan fingerprint density at radius 2 is 1.76 bits per heavy atom. The van der Waals surface area contributed by atoms with Crippen LogP contribution in [0.4, 0.5) is 24.9 Å². The van der Waals surface area contributed by atoms with E-state index in [0.717, 1.165) is 49.2 Å². The van der Waals surface area contributed by atoms with E-state index in [1.54, 1.807) is 24.7 Å². The van der Waals surface area contributed by atoms with E-state index in [-0.39, 0.29) is 5.82 Å². The second kappa shape index (κ2) is 15.4. The van der Waals surface area contributed by atoms with E-state index >= 15 is 0 Å². The van der Waals surface area contributed by atoms with E-state index in [9.17, 15) is 13.2 Å². The lowest BCUT2D eigenvalue weighted by molar-refractivity contribution is -0.192. The zero-order valence-electron chi connectivity index (χ0n) is 24.2. The van der Waals surface area contributed by atoms with Crippen molar-refractivity contribution in [3.05, 3.63) is 55.0 Å². The van der Waals surface area contributed by atoms with Crippen LogP contribution >= 0.6 is 0 Å². The first-order valence-electron chi connectivity index (χ1n) is 13.9. The number of aromatic nitrogens is 7. The number of aliphatic carboxylic acids is 1. The number of ether oxygens (including phenoxy) is 1. The maximum Gasteiger partial charge on any atom is 0.490 e. The van der Waals surface area contributed by atoms with Crippen molar-refractivity contribution in [1.82, 2.24) is 40.1 Å². The topological polar surface area (TPSA) is 192 Å². The number of fused-ring (bicyclic) bond motifs is 1. The van der Waals surface area contributed by atoms with Gasteiger partial charge >= 0.3 is 12.1 Å². The lowest BCUT2D eigenvalue weighted by atomic mass is 10.1. The molecule has 0 unspecified atom stereocenters. The van der Waals surface area contributed by atoms with Crippen molar-refractivity contribution in [3.8, 4) is 28.5 Å². The maximum atomic E-state index is 10.6. The average Bonchev–Trinajstić information content (AvgIpc) is 3.64. The number of benzene rings is 1. The molecule has 5 N–H and O–H groups in total. The van der Waals surface area contributed by atoms with Crippen LogP contribution in [0.2, 0.25) is 0 Å². The fraction of sp³-hybridized carbons (Fsp3) is 0.321. The molecule has 0 saturated carbocycles. The van der Waals surface area contributed by atoms with Gasteiger partial charge in [0.15, 0.2) is 23.1 Å². The molecule has 45 heavy (non-hydrogen) atoms. The molecule has 0 aliphatic rings. The third-order valence-corrected chi connectivity index (χ3v) is 6.22. The minimum absolute atomic E-state index is 0.186. The summed E-state index contributed by atoms with van der Waals surface area (Å²) in [7, 11) is 0. The van der Waals surface area contributed by atoms with E-state index in [0.29, 0.717) is 41.9 Å². The van der Waals surface area contributed by atoms with Crippen LogP contribution in [0.3, 0.4) is 0 Å². The summed E-state index contributed by atoms with van der Waals surface area (Å²) in [6.07, 6.45) is 1.98. The highest BCUT2D eigenvalue weighted by atomic mass is 19.4. The molecule has 1 aromatic carbocycles. The Hall–Kier alpha value is -5.32. The molecule has 5 aromatic rings. The minimum atomic E-state index is -5.08. The van der Waals surface area contributed by atoms with E-state index in [1.807, 2.05) is 41.8 Å². The number of nitrogens with one attached hydrogen (secondary N) is 2. The van der Waals surface area contributed by atoms with E-state index in [1.165, 1.54) is 0 Å². The Kier molecular flexibility index (Phi) is 11.2. The van der Waals surface area contributed by atoms with Gasteiger partial charge in [0, 0.05) is 37.6 Å². The first kappa shape index (κ1) is 32.6. The van der Waals surface area contributed by atoms with Crippen molar-refractivity contribution in [2.75, 3.05) is 37.3 Å². The van der Waals surface area contributed by atoms with Gasteiger partial charge in [-0.15, -0.1) is 0 Å². The third-order valence-electron chi connectivity index (χ3n) is 6.22. The molecule has 0 saturated heterocycles. The lowest BCUT2D eigenvalue weighted by Gasteiger charge is -2.12. The quantitative estimate of drug-likeness (QED) is 0.137. The van der Waals surface area contributed by atoms with Crippen LogP contribution in [0.1, 0.15) is 19.8 Å². The Balaban J connectivity index is 0.000000591. The molecule has 4 heterocycles. The van der Waals surface area contributed by atoms with Gasteiger partial charge in [0.1, 0.15) is 11.0 Å². The van der Waals surface area contributed by atoms with Gasteiger partial charge in [-0.25, -0.2) is 29.4 Å². The number of nitrogens with two attached hydrogens (primary N) is 1. The first-order valence-corrected chi connectivity index (χ1v) is 13.9. The van der Waals surface area contributed by atoms with E-state index < -0.39 is 12.1 Å². The highest BCUT2D eigenvalue weighted by Crippen LogP contribution is 2.36. The lowest BCUT2D eigenvalue weighted by Crippen LogP contribution is -2.24. The Labute approximate surface area is 254 Å². The van der Waals surface area contributed by atoms with Gasteiger partial charge < -0.3 is 30.8 Å². The van der Waals surface area contributed by atoms with Gasteiger partial charge in [0.05, 0.1) is 18.5 Å². The molecule has 17 heteroatoms. The normalized spacial score (nSPS) is 11.2. The van der Waals surface area contributed by atoms with Gasteiger partial charge in [-0.3, -0.25) is 0 Å². The van der Waals surface area contributed by atoms with Crippen molar-refractivity contribution < 1.29 is 32.4 Å². The summed E-state index contributed by atoms with van der Waals surface area (Å²) in [5, 5.41) is 21.4. The summed E-state index contributed by atoms with van der Waals surface area (Å²) in [5.74, 6) is -0.707. The van der Waals surface area contributed by atoms with Crippen molar-refractivity contribution in [2.45, 2.75) is 32.5 Å². The number of carboxylic acids is 1. The van der Waals surface area contributed by atoms with Crippen molar-refractivity contribution in [1.29, 1.82) is 0 Å². The molecule has 0 aliphatic carbocycles. The third kappa shape index (κ3) is 8.62. The fourth-order valence-electron chi connectivity index (χ4n) is 4.18. The number of nitrogen functional groups attached to an aromatic ring is 1. The van der Waals surface area contributed by atoms with Crippen LogP contribution < -0.4 is 21.1 Å². The van der Waals surface area contributed by atoms with Crippen LogP contribution in [0.15, 0.2) is 59.6 Å². The summed E-state index contributed by atoms with van der Waals surface area (Å²) < 4.78 is 44.8. The van der Waals surface area contributed by atoms with Crippen LogP contribution in [-0.4, -0.2) is 78.3 Å². The van der Waals surface area contributed by atoms with E-state index in [4.69, 9.17) is 35.0 Å². The molecule has 0 spiro atoms. The van der Waals surface area contributed by atoms with Crippen molar-refractivity contribution >= 4 is 28.8 Å². The molecule has 0 bridgehead atoms. The second-order valence-corrected chi connectivity index (χ2v) is 9.32. The predicted octanol–water partition coefficient (Wildman–Crippen LogP) is 4.03. The summed E-state index contributed by atoms with van der Waals surface area (Å²) in [6.45, 7) is 5.67. The molecular weight excluding hydrogens is 597 g/mol. The van der Waals surface area contributed by atoms with Crippen LogP contribution in [0.25, 0.3) is 33.8 Å². The van der Waals surface area contributed by atoms with Crippen molar-refractivity contribution in [2.24, 2.45) is 0 Å². The largest absolute Gasteiger partial charge is 0.490 e. The molecule has 0 radical (unpaired) electrons. The van der Waals surface area contributed by atoms with Gasteiger partial charge in [-0.2, -0.15) is 13.2 Å². The Bertz CT molecular complexity index is 1660. The smallest absolute Gasteiger partial charge is 0.490 e. The number of alkyl halides is 3. The second-order valence-electron chi connectivity index (χ2n) is 9.32. The number of unbranched alkanes of at least 4 members (excludes halogenated alkanes) is 1. The number of hydrogen-bond acceptors (Lipinski definition) is 12. The minimum Gasteiger partial charge on any atom is -0.490 e. The monoisotopic (exact) mass is 628 g/mol. The average molecular weight is 629 g/mol. The Morgan fingerprint density at radius 1 is 1.02 bits per heavy atom. The molecule has 4 aromatic heterocycles. The molecular formula is C28H31F3N10O4. The summed E-state index contributed by atoms with van der Waals surface area (Å²) in [6, 6.07) is 11.7. The Morgan fingerprint density at radius 3 is 2.40 bits per heavy atom. The molecule has 0 aliphatic heterocycles. The number of halogens is 3. The fourth-order valence-corrected chi connectivity index (χ4v) is 4.18. The number of pyridine rings is 1. The van der Waals surface area contributed by atoms with Crippen LogP contribution in [-0.2, 0) is 11.3 Å². The number of aryl methyl sites for hydroxylation is 1. The molecule has 14 nitrogen and oxygen atoms in total. The zero-order valence-corrected chi connectivity index (χ0v) is 24.2. The highest BCUT2D eigenvalue weighted by molar-refractivity contribution is 5.95. The number of hydrogen-bond donors (Lipinski definition) is 4. The predicted molar refractivity (Wildman–Crippen MR) is 158 cm³/mol. The number of carboxylic acid groups (broad SMARTS) is 1. The molecule has 0 fully saturated rings. The zero-order chi connectivity index (χ0) is 32.2. The molecule has 0 atom stereocenters. The van der Waals surface area contributed by atoms with Crippen molar-refractivity contribution in [3.63, 3.8) is 0 Å². The first-order chi connectivity index (χ1) is 21.7. The number of imidazole rings is 1. The summed E-state index contributed by atoms with van der Waals surface area (Å²) in [4.78, 5) is 26.8. The number of anilines is 2. The van der Waals surface area contributed by atoms with Gasteiger partial charge in [0.2, 0.25) is 5.95 Å². The van der Waals surface area contributed by atoms with E-state index in [2.05, 4.69) is 30.9 Å². The summed E-state index contributed by atoms with van der Waals surface area (Å²) >= 11 is 0. The van der Waals surface area contributed by atoms with Crippen LogP contribution in [0, 0.1) is 0 Å². The molecule has 238 valence electrons.